The van der Waals surface area contributed by atoms with Crippen LogP contribution in [0.15, 0.2) is 0 Å². The first kappa shape index (κ1) is 10.4. The van der Waals surface area contributed by atoms with Gasteiger partial charge in [-0.15, -0.1) is 0 Å². The number of methoxy groups -OCH3 is 1. The number of carbonyl (C=O) groups is 1. The minimum Gasteiger partial charge on any atom is -0.467 e. The first-order valence-electron chi connectivity index (χ1n) is 3.83. The van der Waals surface area contributed by atoms with Gasteiger partial charge in [-0.25, -0.2) is 4.79 Å². The second-order valence-electron chi connectivity index (χ2n) is 2.83. The van der Waals surface area contributed by atoms with Crippen molar-refractivity contribution < 1.29 is 29.6 Å². The lowest BCUT2D eigenvalue weighted by molar-refractivity contribution is -0.249. The van der Waals surface area contributed by atoms with Crippen LogP contribution in [0, 0.1) is 0 Å². The number of ether oxygens (including phenoxy) is 2. The van der Waals surface area contributed by atoms with Crippen molar-refractivity contribution in [3.63, 3.8) is 0 Å². The highest BCUT2D eigenvalue weighted by atomic mass is 16.6. The Bertz CT molecular complexity index is 181. The van der Waals surface area contributed by atoms with Gasteiger partial charge in [0.25, 0.3) is 0 Å². The van der Waals surface area contributed by atoms with E-state index in [4.69, 9.17) is 20.1 Å². The largest absolute Gasteiger partial charge is 0.467 e. The summed E-state index contributed by atoms with van der Waals surface area (Å²) in [5, 5.41) is 27.2. The molecule has 0 bridgehead atoms. The molecule has 1 rings (SSSR count). The number of hydrogen-bond donors (Lipinski definition) is 3. The van der Waals surface area contributed by atoms with Crippen molar-refractivity contribution in [3.8, 4) is 0 Å². The monoisotopic (exact) mass is 192 g/mol. The summed E-state index contributed by atoms with van der Waals surface area (Å²) in [5.74, 6) is -0.676. The predicted octanol–water partition coefficient (Wildman–Crippen LogP) is -2.01. The van der Waals surface area contributed by atoms with E-state index in [0.717, 1.165) is 0 Å². The molecule has 4 atom stereocenters. The minimum absolute atomic E-state index is 0.0785. The molecule has 6 nitrogen and oxygen atoms in total. The van der Waals surface area contributed by atoms with E-state index in [1.165, 1.54) is 7.11 Å². The third-order valence-electron chi connectivity index (χ3n) is 1.91. The molecule has 0 radical (unpaired) electrons. The average Bonchev–Trinajstić information content (AvgIpc) is 2.12. The molecule has 0 aromatic rings. The summed E-state index contributed by atoms with van der Waals surface area (Å²) in [7, 11) is 1.18. The standard InChI is InChI=1S/C7H12O6/c1-12-6(10)4-2-3(8)5(9)7(11)13-4/h3-5,7-9,11H,2H2,1H3/t3?,4-,5-,7?/m1/s1. The summed E-state index contributed by atoms with van der Waals surface area (Å²) in [6, 6.07) is 0. The summed E-state index contributed by atoms with van der Waals surface area (Å²) in [5.41, 5.74) is 0. The van der Waals surface area contributed by atoms with Gasteiger partial charge in [0.2, 0.25) is 0 Å². The molecule has 0 aromatic heterocycles. The summed E-state index contributed by atoms with van der Waals surface area (Å²) in [6.45, 7) is 0. The van der Waals surface area contributed by atoms with Crippen LogP contribution < -0.4 is 0 Å². The third kappa shape index (κ3) is 2.16. The molecule has 1 fully saturated rings. The second kappa shape index (κ2) is 4.01. The molecule has 0 amide bonds. The molecule has 6 heteroatoms. The van der Waals surface area contributed by atoms with Crippen LogP contribution in [0.5, 0.6) is 0 Å². The number of hydrogen-bond acceptors (Lipinski definition) is 6. The third-order valence-corrected chi connectivity index (χ3v) is 1.91. The highest BCUT2D eigenvalue weighted by Gasteiger charge is 2.39. The minimum atomic E-state index is -1.55. The van der Waals surface area contributed by atoms with Gasteiger partial charge < -0.3 is 24.8 Å². The van der Waals surface area contributed by atoms with Gasteiger partial charge in [-0.05, 0) is 0 Å². The van der Waals surface area contributed by atoms with E-state index in [0.29, 0.717) is 0 Å². The SMILES string of the molecule is COC(=O)[C@H]1CC(O)[C@@H](O)C(O)O1. The number of aliphatic hydroxyl groups excluding tert-OH is 3. The summed E-state index contributed by atoms with van der Waals surface area (Å²) < 4.78 is 9.05. The fourth-order valence-corrected chi connectivity index (χ4v) is 1.14. The maximum absolute atomic E-state index is 10.9. The summed E-state index contributed by atoms with van der Waals surface area (Å²) in [4.78, 5) is 10.9. The van der Waals surface area contributed by atoms with Gasteiger partial charge in [-0.3, -0.25) is 0 Å². The van der Waals surface area contributed by atoms with Crippen molar-refractivity contribution in [2.75, 3.05) is 7.11 Å². The van der Waals surface area contributed by atoms with Crippen molar-refractivity contribution in [1.29, 1.82) is 0 Å². The van der Waals surface area contributed by atoms with E-state index in [1.54, 1.807) is 0 Å². The number of carbonyl (C=O) groups excluding carboxylic acids is 1. The Morgan fingerprint density at radius 3 is 2.54 bits per heavy atom. The van der Waals surface area contributed by atoms with Crippen LogP contribution in [-0.4, -0.2) is 53.0 Å². The molecule has 76 valence electrons. The molecular formula is C7H12O6. The van der Waals surface area contributed by atoms with E-state index < -0.39 is 30.6 Å². The smallest absolute Gasteiger partial charge is 0.335 e. The molecule has 13 heavy (non-hydrogen) atoms. The molecule has 0 aliphatic carbocycles. The van der Waals surface area contributed by atoms with Gasteiger partial charge in [-0.1, -0.05) is 0 Å². The lowest BCUT2D eigenvalue weighted by atomic mass is 10.0. The fourth-order valence-electron chi connectivity index (χ4n) is 1.14. The Kier molecular flexibility index (Phi) is 3.21. The lowest BCUT2D eigenvalue weighted by Crippen LogP contribution is -2.50. The van der Waals surface area contributed by atoms with E-state index in [-0.39, 0.29) is 6.42 Å². The Balaban J connectivity index is 2.58. The number of rotatable bonds is 1. The molecule has 1 aliphatic rings. The Labute approximate surface area is 74.7 Å². The topological polar surface area (TPSA) is 96.2 Å². The Morgan fingerprint density at radius 2 is 2.08 bits per heavy atom. The van der Waals surface area contributed by atoms with E-state index in [2.05, 4.69) is 4.74 Å². The van der Waals surface area contributed by atoms with Gasteiger partial charge in [0.1, 0.15) is 6.10 Å². The van der Waals surface area contributed by atoms with Crippen molar-refractivity contribution in [2.45, 2.75) is 31.0 Å². The highest BCUT2D eigenvalue weighted by Crippen LogP contribution is 2.19. The zero-order valence-electron chi connectivity index (χ0n) is 7.08. The van der Waals surface area contributed by atoms with E-state index in [9.17, 15) is 4.79 Å². The summed E-state index contributed by atoms with van der Waals surface area (Å²) >= 11 is 0. The van der Waals surface area contributed by atoms with E-state index in [1.807, 2.05) is 0 Å². The predicted molar refractivity (Wildman–Crippen MR) is 39.5 cm³/mol. The van der Waals surface area contributed by atoms with Crippen LogP contribution in [0.3, 0.4) is 0 Å². The number of esters is 1. The lowest BCUT2D eigenvalue weighted by Gasteiger charge is -2.32. The molecule has 0 aromatic carbocycles. The molecule has 1 saturated heterocycles. The molecule has 3 N–H and O–H groups in total. The van der Waals surface area contributed by atoms with Crippen LogP contribution in [-0.2, 0) is 14.3 Å². The summed E-state index contributed by atoms with van der Waals surface area (Å²) in [6.07, 6.45) is -5.19. The molecule has 1 heterocycles. The quantitative estimate of drug-likeness (QED) is 0.415. The van der Waals surface area contributed by atoms with E-state index >= 15 is 0 Å². The fraction of sp³-hybridized carbons (Fsp3) is 0.857. The molecule has 1 aliphatic heterocycles. The van der Waals surface area contributed by atoms with Crippen LogP contribution >= 0.6 is 0 Å². The van der Waals surface area contributed by atoms with Gasteiger partial charge in [0.05, 0.1) is 13.2 Å². The van der Waals surface area contributed by atoms with Crippen LogP contribution in [0.1, 0.15) is 6.42 Å². The second-order valence-corrected chi connectivity index (χ2v) is 2.83. The maximum atomic E-state index is 10.9. The zero-order valence-corrected chi connectivity index (χ0v) is 7.08. The molecule has 0 saturated carbocycles. The zero-order chi connectivity index (χ0) is 10.0. The van der Waals surface area contributed by atoms with Crippen LogP contribution in [0.4, 0.5) is 0 Å². The van der Waals surface area contributed by atoms with Gasteiger partial charge in [0.15, 0.2) is 12.4 Å². The average molecular weight is 192 g/mol. The van der Waals surface area contributed by atoms with Gasteiger partial charge >= 0.3 is 5.97 Å². The molecule has 2 unspecified atom stereocenters. The molecular weight excluding hydrogens is 180 g/mol. The van der Waals surface area contributed by atoms with Crippen molar-refractivity contribution in [2.24, 2.45) is 0 Å². The first-order valence-corrected chi connectivity index (χ1v) is 3.83. The Hall–Kier alpha value is -0.690. The van der Waals surface area contributed by atoms with Crippen molar-refractivity contribution in [3.05, 3.63) is 0 Å². The van der Waals surface area contributed by atoms with Crippen LogP contribution in [0.25, 0.3) is 0 Å². The van der Waals surface area contributed by atoms with Crippen LogP contribution in [0.2, 0.25) is 0 Å². The first-order chi connectivity index (χ1) is 6.06. The van der Waals surface area contributed by atoms with Crippen molar-refractivity contribution >= 4 is 5.97 Å². The Morgan fingerprint density at radius 1 is 1.46 bits per heavy atom. The van der Waals surface area contributed by atoms with Gasteiger partial charge in [0, 0.05) is 6.42 Å². The van der Waals surface area contributed by atoms with Crippen molar-refractivity contribution in [1.82, 2.24) is 0 Å². The maximum Gasteiger partial charge on any atom is 0.335 e. The molecule has 0 spiro atoms. The number of aliphatic hydroxyl groups is 3. The normalized spacial score (nSPS) is 40.0. The van der Waals surface area contributed by atoms with Gasteiger partial charge in [-0.2, -0.15) is 0 Å². The highest BCUT2D eigenvalue weighted by molar-refractivity contribution is 5.74.